The van der Waals surface area contributed by atoms with E-state index in [2.05, 4.69) is 21.3 Å². The van der Waals surface area contributed by atoms with E-state index in [0.29, 0.717) is 76.3 Å². The largest absolute Gasteiger partial charge is 0.354 e. The lowest BCUT2D eigenvalue weighted by Crippen LogP contribution is -2.54. The highest BCUT2D eigenvalue weighted by Gasteiger charge is 2.42. The number of amides is 6. The van der Waals surface area contributed by atoms with Crippen LogP contribution in [-0.4, -0.2) is 119 Å². The van der Waals surface area contributed by atoms with E-state index in [1.807, 2.05) is 119 Å². The van der Waals surface area contributed by atoms with Gasteiger partial charge in [0.25, 0.3) is 0 Å². The molecule has 0 spiro atoms. The lowest BCUT2D eigenvalue weighted by Gasteiger charge is -2.37. The molecule has 14 heteroatoms. The quantitative estimate of drug-likeness (QED) is 0.179. The summed E-state index contributed by atoms with van der Waals surface area (Å²) in [4.78, 5) is 87.4. The van der Waals surface area contributed by atoms with Crippen LogP contribution in [0.15, 0.2) is 109 Å². The summed E-state index contributed by atoms with van der Waals surface area (Å²) in [7, 11) is 0. The van der Waals surface area contributed by atoms with E-state index in [1.165, 1.54) is 0 Å². The monoisotopic (exact) mass is 810 g/mol. The number of rotatable bonds is 11. The van der Waals surface area contributed by atoms with Gasteiger partial charge in [0.2, 0.25) is 35.4 Å². The third kappa shape index (κ3) is 8.94. The van der Waals surface area contributed by atoms with Crippen LogP contribution in [0.5, 0.6) is 0 Å². The number of hydrogen-bond donors (Lipinski definition) is 4. The number of likely N-dealkylation sites (tertiary alicyclic amines) is 2. The molecule has 8 rings (SSSR count). The van der Waals surface area contributed by atoms with E-state index < -0.39 is 24.2 Å². The van der Waals surface area contributed by atoms with Gasteiger partial charge in [0, 0.05) is 50.6 Å². The number of hydrogen-bond acceptors (Lipinski definition) is 8. The maximum atomic E-state index is 14.2. The van der Waals surface area contributed by atoms with Gasteiger partial charge in [-0.05, 0) is 72.2 Å². The SMILES string of the molecule is O=C1CN(C(C(=O)N2CCC[C@H]2C(=O)Nc2ccc(-c3ccc(NC(=O)[C@@H]4CCCN4C(=O)C(c4ccccc4)N4CCNC(=O)C4)cc3)cc2)c2ccccc2)CCN1. The molecule has 4 aliphatic rings. The van der Waals surface area contributed by atoms with E-state index in [1.54, 1.807) is 9.80 Å². The molecule has 4 heterocycles. The Morgan fingerprint density at radius 3 is 1.27 bits per heavy atom. The number of benzene rings is 4. The third-order valence-electron chi connectivity index (χ3n) is 11.9. The van der Waals surface area contributed by atoms with Gasteiger partial charge in [-0.1, -0.05) is 84.9 Å². The topological polar surface area (TPSA) is 163 Å². The van der Waals surface area contributed by atoms with Crippen molar-refractivity contribution in [1.82, 2.24) is 30.2 Å². The summed E-state index contributed by atoms with van der Waals surface area (Å²) in [5.74, 6) is -1.13. The zero-order chi connectivity index (χ0) is 41.6. The molecule has 0 bridgehead atoms. The number of nitrogens with zero attached hydrogens (tertiary/aromatic N) is 4. The van der Waals surface area contributed by atoms with Crippen LogP contribution in [0.3, 0.4) is 0 Å². The van der Waals surface area contributed by atoms with Gasteiger partial charge in [0.05, 0.1) is 13.1 Å². The van der Waals surface area contributed by atoms with E-state index in [-0.39, 0.29) is 48.5 Å². The fraction of sp³-hybridized carbons (Fsp3) is 0.348. The van der Waals surface area contributed by atoms with Crippen LogP contribution >= 0.6 is 0 Å². The lowest BCUT2D eigenvalue weighted by molar-refractivity contribution is -0.143. The maximum Gasteiger partial charge on any atom is 0.247 e. The first kappa shape index (κ1) is 40.4. The van der Waals surface area contributed by atoms with Crippen molar-refractivity contribution in [2.24, 2.45) is 0 Å². The van der Waals surface area contributed by atoms with Crippen molar-refractivity contribution >= 4 is 46.8 Å². The molecule has 14 nitrogen and oxygen atoms in total. The summed E-state index contributed by atoms with van der Waals surface area (Å²) in [6, 6.07) is 31.2. The van der Waals surface area contributed by atoms with Crippen molar-refractivity contribution in [2.75, 3.05) is 63.0 Å². The Morgan fingerprint density at radius 2 is 0.900 bits per heavy atom. The van der Waals surface area contributed by atoms with Gasteiger partial charge >= 0.3 is 0 Å². The lowest BCUT2D eigenvalue weighted by atomic mass is 10.0. The van der Waals surface area contributed by atoms with Gasteiger partial charge in [-0.3, -0.25) is 38.6 Å². The molecule has 0 aromatic heterocycles. The molecule has 4 atom stereocenters. The van der Waals surface area contributed by atoms with Crippen LogP contribution in [0.2, 0.25) is 0 Å². The van der Waals surface area contributed by atoms with E-state index in [0.717, 1.165) is 22.3 Å². The minimum atomic E-state index is -0.666. The number of anilines is 2. The second-order valence-electron chi connectivity index (χ2n) is 15.8. The molecule has 4 aromatic rings. The minimum absolute atomic E-state index is 0.111. The Morgan fingerprint density at radius 1 is 0.517 bits per heavy atom. The number of carbonyl (C=O) groups excluding carboxylic acids is 6. The van der Waals surface area contributed by atoms with E-state index >= 15 is 0 Å². The van der Waals surface area contributed by atoms with Gasteiger partial charge in [-0.15, -0.1) is 0 Å². The Kier molecular flexibility index (Phi) is 12.3. The highest BCUT2D eigenvalue weighted by atomic mass is 16.2. The second kappa shape index (κ2) is 18.3. The maximum absolute atomic E-state index is 14.2. The van der Waals surface area contributed by atoms with Crippen molar-refractivity contribution in [1.29, 1.82) is 0 Å². The van der Waals surface area contributed by atoms with Crippen LogP contribution in [0.4, 0.5) is 11.4 Å². The first-order valence-corrected chi connectivity index (χ1v) is 20.8. The van der Waals surface area contributed by atoms with Crippen LogP contribution < -0.4 is 21.3 Å². The molecule has 2 unspecified atom stereocenters. The Hall–Kier alpha value is -6.38. The van der Waals surface area contributed by atoms with Crippen LogP contribution in [0.1, 0.15) is 48.9 Å². The fourth-order valence-corrected chi connectivity index (χ4v) is 8.91. The molecule has 6 amide bonds. The van der Waals surface area contributed by atoms with Crippen molar-refractivity contribution in [3.63, 3.8) is 0 Å². The van der Waals surface area contributed by atoms with Crippen LogP contribution in [-0.2, 0) is 28.8 Å². The first-order chi connectivity index (χ1) is 29.2. The summed E-state index contributed by atoms with van der Waals surface area (Å²) in [5.41, 5.74) is 4.61. The number of carbonyl (C=O) groups is 6. The summed E-state index contributed by atoms with van der Waals surface area (Å²) in [5, 5.41) is 11.7. The summed E-state index contributed by atoms with van der Waals surface area (Å²) in [6.07, 6.45) is 2.49. The first-order valence-electron chi connectivity index (χ1n) is 20.8. The van der Waals surface area contributed by atoms with Gasteiger partial charge in [0.15, 0.2) is 0 Å². The van der Waals surface area contributed by atoms with Gasteiger partial charge < -0.3 is 31.1 Å². The zero-order valence-electron chi connectivity index (χ0n) is 33.4. The minimum Gasteiger partial charge on any atom is -0.354 e. The highest BCUT2D eigenvalue weighted by molar-refractivity contribution is 6.00. The normalized spacial score (nSPS) is 20.8. The molecule has 4 aliphatic heterocycles. The van der Waals surface area contributed by atoms with Crippen molar-refractivity contribution in [2.45, 2.75) is 49.9 Å². The number of nitrogens with one attached hydrogen (secondary N) is 4. The predicted octanol–water partition coefficient (Wildman–Crippen LogP) is 3.56. The molecule has 4 saturated heterocycles. The molecule has 4 N–H and O–H groups in total. The molecular formula is C46H50N8O6. The standard InChI is InChI=1S/C46H50N8O6/c55-39-29-51(27-23-47-39)41(33-9-3-1-4-10-33)45(59)53-25-7-13-37(53)43(57)49-35-19-15-31(16-20-35)32-17-21-36(22-18-32)50-44(58)38-14-8-26-54(38)46(60)42(34-11-5-2-6-12-34)52-28-24-48-40(56)30-52/h1-6,9-12,15-22,37-38,41-42H,7-8,13-14,23-30H2,(H,47,55)(H,48,56)(H,49,57)(H,50,58)/t37-,38-,41?,42?/m0/s1. The molecule has 310 valence electrons. The molecule has 60 heavy (non-hydrogen) atoms. The zero-order valence-corrected chi connectivity index (χ0v) is 33.4. The summed E-state index contributed by atoms with van der Waals surface area (Å²) < 4.78 is 0. The van der Waals surface area contributed by atoms with E-state index in [4.69, 9.17) is 0 Å². The number of piperazine rings is 2. The smallest absolute Gasteiger partial charge is 0.247 e. The molecule has 0 saturated carbocycles. The van der Waals surface area contributed by atoms with Gasteiger partial charge in [-0.25, -0.2) is 0 Å². The summed E-state index contributed by atoms with van der Waals surface area (Å²) >= 11 is 0. The highest BCUT2D eigenvalue weighted by Crippen LogP contribution is 2.32. The average molecular weight is 811 g/mol. The molecule has 0 radical (unpaired) electrons. The van der Waals surface area contributed by atoms with Gasteiger partial charge in [0.1, 0.15) is 24.2 Å². The molecular weight excluding hydrogens is 761 g/mol. The van der Waals surface area contributed by atoms with Crippen molar-refractivity contribution in [3.8, 4) is 11.1 Å². The summed E-state index contributed by atoms with van der Waals surface area (Å²) in [6.45, 7) is 3.12. The Bertz CT molecular complexity index is 2050. The third-order valence-corrected chi connectivity index (χ3v) is 11.9. The molecule has 4 aromatic carbocycles. The van der Waals surface area contributed by atoms with Crippen LogP contribution in [0, 0.1) is 0 Å². The molecule has 0 aliphatic carbocycles. The van der Waals surface area contributed by atoms with Crippen molar-refractivity contribution in [3.05, 3.63) is 120 Å². The molecule has 4 fully saturated rings. The average Bonchev–Trinajstić information content (AvgIpc) is 3.97. The Labute approximate surface area is 349 Å². The fourth-order valence-electron chi connectivity index (χ4n) is 8.91. The second-order valence-corrected chi connectivity index (χ2v) is 15.8. The van der Waals surface area contributed by atoms with E-state index in [9.17, 15) is 28.8 Å². The predicted molar refractivity (Wildman–Crippen MR) is 226 cm³/mol. The van der Waals surface area contributed by atoms with Gasteiger partial charge in [-0.2, -0.15) is 0 Å². The Balaban J connectivity index is 0.887. The van der Waals surface area contributed by atoms with Crippen LogP contribution in [0.25, 0.3) is 11.1 Å². The van der Waals surface area contributed by atoms with Crippen molar-refractivity contribution < 1.29 is 28.8 Å².